The first-order chi connectivity index (χ1) is 11.3. The largest absolute Gasteiger partial charge is 0.374 e. The summed E-state index contributed by atoms with van der Waals surface area (Å²) in [6, 6.07) is 11.4. The van der Waals surface area contributed by atoms with E-state index in [9.17, 15) is 0 Å². The molecule has 2 aliphatic heterocycles. The maximum Gasteiger partial charge on any atom is 0.0720 e. The van der Waals surface area contributed by atoms with Gasteiger partial charge in [-0.15, -0.1) is 0 Å². The Kier molecular flexibility index (Phi) is 4.29. The van der Waals surface area contributed by atoms with E-state index < -0.39 is 0 Å². The van der Waals surface area contributed by atoms with Crippen molar-refractivity contribution in [3.05, 3.63) is 48.0 Å². The summed E-state index contributed by atoms with van der Waals surface area (Å²) in [6.45, 7) is 5.77. The molecule has 0 spiro atoms. The minimum absolute atomic E-state index is 0.457. The van der Waals surface area contributed by atoms with Crippen LogP contribution in [0.4, 0.5) is 0 Å². The van der Waals surface area contributed by atoms with E-state index >= 15 is 0 Å². The van der Waals surface area contributed by atoms with Crippen molar-refractivity contribution in [3.63, 3.8) is 0 Å². The summed E-state index contributed by atoms with van der Waals surface area (Å²) in [5.74, 6) is 0.838. The average molecular weight is 311 g/mol. The number of hydrogen-bond donors (Lipinski definition) is 0. The van der Waals surface area contributed by atoms with E-state index in [1.807, 2.05) is 0 Å². The van der Waals surface area contributed by atoms with Crippen LogP contribution < -0.4 is 0 Å². The Morgan fingerprint density at radius 1 is 1.17 bits per heavy atom. The predicted octanol–water partition coefficient (Wildman–Crippen LogP) is 4.41. The van der Waals surface area contributed by atoms with Gasteiger partial charge >= 0.3 is 0 Å². The van der Waals surface area contributed by atoms with Crippen LogP contribution in [0, 0.1) is 11.3 Å². The van der Waals surface area contributed by atoms with E-state index in [2.05, 4.69) is 54.3 Å². The SMILES string of the molecule is C[C@]12CC[C@H](OCc3ccccc3)C[C@@H]1CCN1CC=CC[C@@H]12. The third kappa shape index (κ3) is 2.99. The molecule has 4 rings (SSSR count). The first-order valence-electron chi connectivity index (χ1n) is 9.30. The van der Waals surface area contributed by atoms with Gasteiger partial charge in [0.2, 0.25) is 0 Å². The fraction of sp³-hybridized carbons (Fsp3) is 0.619. The summed E-state index contributed by atoms with van der Waals surface area (Å²) in [7, 11) is 0. The van der Waals surface area contributed by atoms with Gasteiger partial charge in [-0.2, -0.15) is 0 Å². The predicted molar refractivity (Wildman–Crippen MR) is 94.2 cm³/mol. The summed E-state index contributed by atoms with van der Waals surface area (Å²) in [5, 5.41) is 0. The Morgan fingerprint density at radius 3 is 2.91 bits per heavy atom. The molecule has 3 aliphatic rings. The highest BCUT2D eigenvalue weighted by Crippen LogP contribution is 2.51. The Labute approximate surface area is 140 Å². The lowest BCUT2D eigenvalue weighted by Gasteiger charge is -2.57. The Balaban J connectivity index is 1.39. The Hall–Kier alpha value is -1.12. The molecular weight excluding hydrogens is 282 g/mol. The van der Waals surface area contributed by atoms with Crippen LogP contribution in [0.3, 0.4) is 0 Å². The Morgan fingerprint density at radius 2 is 2.04 bits per heavy atom. The molecule has 1 saturated heterocycles. The maximum atomic E-state index is 6.27. The van der Waals surface area contributed by atoms with Crippen molar-refractivity contribution in [1.29, 1.82) is 0 Å². The van der Waals surface area contributed by atoms with E-state index in [4.69, 9.17) is 4.74 Å². The van der Waals surface area contributed by atoms with Crippen LogP contribution in [0.5, 0.6) is 0 Å². The van der Waals surface area contributed by atoms with Crippen molar-refractivity contribution < 1.29 is 4.74 Å². The van der Waals surface area contributed by atoms with Crippen LogP contribution in [0.1, 0.15) is 44.6 Å². The average Bonchev–Trinajstić information content (AvgIpc) is 2.61. The molecule has 1 aromatic carbocycles. The quantitative estimate of drug-likeness (QED) is 0.767. The molecular formula is C21H29NO. The first-order valence-corrected chi connectivity index (χ1v) is 9.30. The molecule has 2 heterocycles. The van der Waals surface area contributed by atoms with Crippen molar-refractivity contribution in [2.75, 3.05) is 13.1 Å². The van der Waals surface area contributed by atoms with Crippen molar-refractivity contribution in [1.82, 2.24) is 4.90 Å². The zero-order valence-corrected chi connectivity index (χ0v) is 14.3. The number of piperidine rings is 1. The van der Waals surface area contributed by atoms with Gasteiger partial charge in [-0.1, -0.05) is 49.4 Å². The van der Waals surface area contributed by atoms with Gasteiger partial charge in [0.05, 0.1) is 12.7 Å². The molecule has 0 amide bonds. The van der Waals surface area contributed by atoms with Gasteiger partial charge in [0.1, 0.15) is 0 Å². The summed E-state index contributed by atoms with van der Waals surface area (Å²) in [4.78, 5) is 2.72. The fourth-order valence-corrected chi connectivity index (χ4v) is 5.17. The van der Waals surface area contributed by atoms with Crippen molar-refractivity contribution in [3.8, 4) is 0 Å². The fourth-order valence-electron chi connectivity index (χ4n) is 5.17. The topological polar surface area (TPSA) is 12.5 Å². The monoisotopic (exact) mass is 311 g/mol. The summed E-state index contributed by atoms with van der Waals surface area (Å²) in [5.41, 5.74) is 1.79. The standard InChI is InChI=1S/C21H29NO/c1-21-12-10-19(23-16-17-7-3-2-4-8-17)15-18(21)11-14-22-13-6-5-9-20(21)22/h2-8,18-20H,9-16H2,1H3/t18-,19-,20+,21-/m0/s1. The van der Waals surface area contributed by atoms with Crippen LogP contribution in [0.2, 0.25) is 0 Å². The minimum Gasteiger partial charge on any atom is -0.374 e. The normalized spacial score (nSPS) is 37.2. The van der Waals surface area contributed by atoms with E-state index in [-0.39, 0.29) is 0 Å². The van der Waals surface area contributed by atoms with E-state index in [1.165, 1.54) is 50.8 Å². The molecule has 0 aromatic heterocycles. The third-order valence-corrected chi connectivity index (χ3v) is 6.65. The van der Waals surface area contributed by atoms with Gasteiger partial charge in [0, 0.05) is 12.6 Å². The van der Waals surface area contributed by atoms with Gasteiger partial charge in [-0.25, -0.2) is 0 Å². The molecule has 0 N–H and O–H groups in total. The lowest BCUT2D eigenvalue weighted by atomic mass is 9.58. The van der Waals surface area contributed by atoms with Crippen LogP contribution in [0.25, 0.3) is 0 Å². The van der Waals surface area contributed by atoms with E-state index in [0.29, 0.717) is 11.5 Å². The summed E-state index contributed by atoms with van der Waals surface area (Å²) in [6.07, 6.45) is 11.6. The van der Waals surface area contributed by atoms with Gasteiger partial charge in [0.25, 0.3) is 0 Å². The lowest BCUT2D eigenvalue weighted by Crippen LogP contribution is -2.58. The van der Waals surface area contributed by atoms with Gasteiger partial charge in [-0.05, 0) is 55.5 Å². The zero-order chi connectivity index (χ0) is 15.7. The third-order valence-electron chi connectivity index (χ3n) is 6.65. The molecule has 2 heteroatoms. The molecule has 124 valence electrons. The second-order valence-corrected chi connectivity index (χ2v) is 7.90. The van der Waals surface area contributed by atoms with Crippen molar-refractivity contribution in [2.45, 2.75) is 57.8 Å². The smallest absolute Gasteiger partial charge is 0.0720 e. The van der Waals surface area contributed by atoms with E-state index in [1.54, 1.807) is 0 Å². The van der Waals surface area contributed by atoms with Crippen LogP contribution in [-0.2, 0) is 11.3 Å². The highest BCUT2D eigenvalue weighted by atomic mass is 16.5. The second-order valence-electron chi connectivity index (χ2n) is 7.90. The van der Waals surface area contributed by atoms with Crippen molar-refractivity contribution in [2.24, 2.45) is 11.3 Å². The van der Waals surface area contributed by atoms with Gasteiger partial charge in [0.15, 0.2) is 0 Å². The lowest BCUT2D eigenvalue weighted by molar-refractivity contribution is -0.0978. The van der Waals surface area contributed by atoms with Crippen molar-refractivity contribution >= 4 is 0 Å². The number of fused-ring (bicyclic) bond motifs is 3. The number of ether oxygens (including phenoxy) is 1. The second kappa shape index (κ2) is 6.41. The molecule has 1 aromatic rings. The van der Waals surface area contributed by atoms with Crippen LogP contribution in [0.15, 0.2) is 42.5 Å². The molecule has 0 bridgehead atoms. The molecule has 23 heavy (non-hydrogen) atoms. The van der Waals surface area contributed by atoms with Gasteiger partial charge in [-0.3, -0.25) is 4.90 Å². The molecule has 2 fully saturated rings. The van der Waals surface area contributed by atoms with Gasteiger partial charge < -0.3 is 4.74 Å². The molecule has 4 atom stereocenters. The molecule has 2 nitrogen and oxygen atoms in total. The first kappa shape index (κ1) is 15.4. The molecule has 1 saturated carbocycles. The highest BCUT2D eigenvalue weighted by molar-refractivity contribution is 5.13. The number of rotatable bonds is 3. The Bertz CT molecular complexity index is 554. The minimum atomic E-state index is 0.457. The zero-order valence-electron chi connectivity index (χ0n) is 14.3. The molecule has 0 unspecified atom stereocenters. The van der Waals surface area contributed by atoms with Crippen LogP contribution in [-0.4, -0.2) is 30.1 Å². The number of nitrogens with zero attached hydrogens (tertiary/aromatic N) is 1. The number of benzene rings is 1. The maximum absolute atomic E-state index is 6.27. The van der Waals surface area contributed by atoms with Crippen LogP contribution >= 0.6 is 0 Å². The summed E-state index contributed by atoms with van der Waals surface area (Å²) >= 11 is 0. The summed E-state index contributed by atoms with van der Waals surface area (Å²) < 4.78 is 6.27. The number of hydrogen-bond acceptors (Lipinski definition) is 2. The van der Waals surface area contributed by atoms with E-state index in [0.717, 1.165) is 18.6 Å². The molecule has 1 aliphatic carbocycles. The highest BCUT2D eigenvalue weighted by Gasteiger charge is 2.49. The molecule has 0 radical (unpaired) electrons.